The van der Waals surface area contributed by atoms with Gasteiger partial charge in [0.15, 0.2) is 0 Å². The predicted octanol–water partition coefficient (Wildman–Crippen LogP) is 4.87. The summed E-state index contributed by atoms with van der Waals surface area (Å²) in [5.41, 5.74) is 3.73. The van der Waals surface area contributed by atoms with E-state index in [4.69, 9.17) is 16.3 Å². The van der Waals surface area contributed by atoms with Gasteiger partial charge in [-0.05, 0) is 79.5 Å². The van der Waals surface area contributed by atoms with Gasteiger partial charge in [0, 0.05) is 36.7 Å². The summed E-state index contributed by atoms with van der Waals surface area (Å²) in [4.78, 5) is 4.63. The first-order valence-electron chi connectivity index (χ1n) is 9.58. The average molecular weight is 372 g/mol. The molecule has 1 aliphatic heterocycles. The summed E-state index contributed by atoms with van der Waals surface area (Å²) in [6, 6.07) is 9.96. The number of nitrogens with one attached hydrogen (secondary N) is 2. The van der Waals surface area contributed by atoms with E-state index in [1.807, 2.05) is 30.5 Å². The second-order valence-corrected chi connectivity index (χ2v) is 7.80. The van der Waals surface area contributed by atoms with Crippen LogP contribution in [0, 0.1) is 5.92 Å². The highest BCUT2D eigenvalue weighted by molar-refractivity contribution is 6.30. The van der Waals surface area contributed by atoms with Crippen molar-refractivity contribution in [3.63, 3.8) is 0 Å². The second-order valence-electron chi connectivity index (χ2n) is 7.36. The number of rotatable bonds is 7. The first kappa shape index (κ1) is 17.8. The van der Waals surface area contributed by atoms with Gasteiger partial charge in [0.2, 0.25) is 0 Å². The van der Waals surface area contributed by atoms with E-state index in [1.54, 1.807) is 0 Å². The number of hydrogen-bond donors (Lipinski definition) is 2. The number of pyridine rings is 1. The average Bonchev–Trinajstić information content (AvgIpc) is 3.49. The Hall–Kier alpha value is -1.62. The quantitative estimate of drug-likeness (QED) is 0.728. The molecule has 1 aliphatic carbocycles. The third-order valence-corrected chi connectivity index (χ3v) is 5.46. The Balaban J connectivity index is 1.40. The van der Waals surface area contributed by atoms with Crippen LogP contribution in [0.1, 0.15) is 42.7 Å². The zero-order chi connectivity index (χ0) is 17.8. The van der Waals surface area contributed by atoms with Crippen molar-refractivity contribution in [1.29, 1.82) is 0 Å². The molecule has 0 unspecified atom stereocenters. The normalized spacial score (nSPS) is 18.0. The van der Waals surface area contributed by atoms with Crippen molar-refractivity contribution in [2.24, 2.45) is 5.92 Å². The van der Waals surface area contributed by atoms with Crippen LogP contribution in [0.3, 0.4) is 0 Å². The molecule has 0 atom stereocenters. The van der Waals surface area contributed by atoms with Gasteiger partial charge < -0.3 is 15.4 Å². The Morgan fingerprint density at radius 3 is 2.73 bits per heavy atom. The largest absolute Gasteiger partial charge is 0.381 e. The fourth-order valence-electron chi connectivity index (χ4n) is 3.57. The Bertz CT molecular complexity index is 742. The van der Waals surface area contributed by atoms with Crippen molar-refractivity contribution in [2.75, 3.05) is 25.1 Å². The number of hydrogen-bond acceptors (Lipinski definition) is 4. The van der Waals surface area contributed by atoms with E-state index >= 15 is 0 Å². The van der Waals surface area contributed by atoms with Crippen LogP contribution in [-0.4, -0.2) is 24.7 Å². The maximum atomic E-state index is 6.07. The molecule has 2 aliphatic rings. The SMILES string of the molecule is Clc1cccc(Nc2cc(C3CC3)c(CNCC3CCOCC3)cn2)c1. The summed E-state index contributed by atoms with van der Waals surface area (Å²) in [7, 11) is 0. The minimum atomic E-state index is 0.692. The van der Waals surface area contributed by atoms with Gasteiger partial charge in [-0.3, -0.25) is 0 Å². The molecule has 1 aromatic carbocycles. The van der Waals surface area contributed by atoms with Crippen LogP contribution in [-0.2, 0) is 11.3 Å². The van der Waals surface area contributed by atoms with Crippen LogP contribution in [0.5, 0.6) is 0 Å². The molecule has 1 saturated heterocycles. The molecular weight excluding hydrogens is 346 g/mol. The third kappa shape index (κ3) is 4.76. The zero-order valence-corrected chi connectivity index (χ0v) is 15.8. The summed E-state index contributed by atoms with van der Waals surface area (Å²) < 4.78 is 5.44. The number of nitrogens with zero attached hydrogens (tertiary/aromatic N) is 1. The molecule has 0 spiro atoms. The molecule has 138 valence electrons. The van der Waals surface area contributed by atoms with Crippen LogP contribution in [0.4, 0.5) is 11.5 Å². The van der Waals surface area contributed by atoms with Crippen LogP contribution in [0.2, 0.25) is 5.02 Å². The predicted molar refractivity (Wildman–Crippen MR) is 106 cm³/mol. The van der Waals surface area contributed by atoms with Gasteiger partial charge in [0.05, 0.1) is 0 Å². The highest BCUT2D eigenvalue weighted by atomic mass is 35.5. The van der Waals surface area contributed by atoms with Crippen molar-refractivity contribution < 1.29 is 4.74 Å². The monoisotopic (exact) mass is 371 g/mol. The lowest BCUT2D eigenvalue weighted by Gasteiger charge is -2.22. The maximum absolute atomic E-state index is 6.07. The summed E-state index contributed by atoms with van der Waals surface area (Å²) in [6.07, 6.45) is 6.94. The Kier molecular flexibility index (Phi) is 5.73. The molecule has 2 fully saturated rings. The molecule has 0 amide bonds. The molecular formula is C21H26ClN3O. The molecule has 0 bridgehead atoms. The molecule has 1 aromatic heterocycles. The summed E-state index contributed by atoms with van der Waals surface area (Å²) in [5, 5.41) is 7.74. The Labute approximate surface area is 160 Å². The standard InChI is InChI=1S/C21H26ClN3O/c22-18-2-1-3-19(10-18)25-21-11-20(16-4-5-16)17(14-24-21)13-23-12-15-6-8-26-9-7-15/h1-3,10-11,14-16,23H,4-9,12-13H2,(H,24,25). The molecule has 1 saturated carbocycles. The molecule has 2 N–H and O–H groups in total. The van der Waals surface area contributed by atoms with Gasteiger partial charge in [-0.2, -0.15) is 0 Å². The molecule has 2 aromatic rings. The minimum absolute atomic E-state index is 0.692. The number of ether oxygens (including phenoxy) is 1. The van der Waals surface area contributed by atoms with Crippen molar-refractivity contribution in [3.8, 4) is 0 Å². The Morgan fingerprint density at radius 1 is 1.12 bits per heavy atom. The first-order valence-corrected chi connectivity index (χ1v) is 9.95. The maximum Gasteiger partial charge on any atom is 0.130 e. The van der Waals surface area contributed by atoms with Crippen molar-refractivity contribution >= 4 is 23.1 Å². The second kappa shape index (κ2) is 8.38. The highest BCUT2D eigenvalue weighted by Gasteiger charge is 2.26. The smallest absolute Gasteiger partial charge is 0.130 e. The third-order valence-electron chi connectivity index (χ3n) is 5.23. The van der Waals surface area contributed by atoms with Gasteiger partial charge in [-0.15, -0.1) is 0 Å². The number of anilines is 2. The van der Waals surface area contributed by atoms with Crippen LogP contribution >= 0.6 is 11.6 Å². The molecule has 2 heterocycles. The highest BCUT2D eigenvalue weighted by Crippen LogP contribution is 2.42. The topological polar surface area (TPSA) is 46.2 Å². The lowest BCUT2D eigenvalue weighted by molar-refractivity contribution is 0.0662. The van der Waals surface area contributed by atoms with Crippen LogP contribution in [0.25, 0.3) is 0 Å². The zero-order valence-electron chi connectivity index (χ0n) is 15.0. The lowest BCUT2D eigenvalue weighted by atomic mass is 10.00. The molecule has 5 heteroatoms. The first-order chi connectivity index (χ1) is 12.8. The van der Waals surface area contributed by atoms with Gasteiger partial charge in [-0.25, -0.2) is 4.98 Å². The summed E-state index contributed by atoms with van der Waals surface area (Å²) in [6.45, 7) is 3.78. The van der Waals surface area contributed by atoms with E-state index in [-0.39, 0.29) is 0 Å². The van der Waals surface area contributed by atoms with Crippen molar-refractivity contribution in [1.82, 2.24) is 10.3 Å². The number of aromatic nitrogens is 1. The van der Waals surface area contributed by atoms with Crippen LogP contribution < -0.4 is 10.6 Å². The molecule has 4 nitrogen and oxygen atoms in total. The fraction of sp³-hybridized carbons (Fsp3) is 0.476. The summed E-state index contributed by atoms with van der Waals surface area (Å²) in [5.74, 6) is 2.32. The van der Waals surface area contributed by atoms with E-state index in [0.717, 1.165) is 48.7 Å². The van der Waals surface area contributed by atoms with Gasteiger partial charge in [0.1, 0.15) is 5.82 Å². The van der Waals surface area contributed by atoms with Gasteiger partial charge in [0.25, 0.3) is 0 Å². The number of benzene rings is 1. The Morgan fingerprint density at radius 2 is 1.96 bits per heavy atom. The van der Waals surface area contributed by atoms with E-state index in [1.165, 1.54) is 36.8 Å². The summed E-state index contributed by atoms with van der Waals surface area (Å²) >= 11 is 6.07. The van der Waals surface area contributed by atoms with Crippen molar-refractivity contribution in [2.45, 2.75) is 38.1 Å². The van der Waals surface area contributed by atoms with E-state index < -0.39 is 0 Å². The van der Waals surface area contributed by atoms with E-state index in [9.17, 15) is 0 Å². The molecule has 0 radical (unpaired) electrons. The van der Waals surface area contributed by atoms with Gasteiger partial charge in [-0.1, -0.05) is 17.7 Å². The minimum Gasteiger partial charge on any atom is -0.381 e. The van der Waals surface area contributed by atoms with Crippen molar-refractivity contribution in [3.05, 3.63) is 52.7 Å². The molecule has 26 heavy (non-hydrogen) atoms. The fourth-order valence-corrected chi connectivity index (χ4v) is 3.76. The molecule has 4 rings (SSSR count). The van der Waals surface area contributed by atoms with E-state index in [0.29, 0.717) is 5.92 Å². The number of halogens is 1. The van der Waals surface area contributed by atoms with Crippen LogP contribution in [0.15, 0.2) is 36.5 Å². The van der Waals surface area contributed by atoms with Gasteiger partial charge >= 0.3 is 0 Å². The lowest BCUT2D eigenvalue weighted by Crippen LogP contribution is -2.27. The van der Waals surface area contributed by atoms with E-state index in [2.05, 4.69) is 21.7 Å².